The molecule has 1 saturated heterocycles. The molecule has 0 aliphatic carbocycles. The highest BCUT2D eigenvalue weighted by Crippen LogP contribution is 2.22. The van der Waals surface area contributed by atoms with Crippen LogP contribution < -0.4 is 5.73 Å². The van der Waals surface area contributed by atoms with E-state index in [2.05, 4.69) is 22.0 Å². The summed E-state index contributed by atoms with van der Waals surface area (Å²) in [6, 6.07) is 0. The monoisotopic (exact) mass is 315 g/mol. The molecular weight excluding hydrogens is 290 g/mol. The van der Waals surface area contributed by atoms with Crippen LogP contribution >= 0.6 is 0 Å². The van der Waals surface area contributed by atoms with E-state index in [0.717, 1.165) is 19.6 Å². The number of sulfonamides is 1. The Bertz CT molecular complexity index is 556. The van der Waals surface area contributed by atoms with Crippen LogP contribution in [-0.2, 0) is 10.0 Å². The van der Waals surface area contributed by atoms with E-state index in [1.54, 1.807) is 18.2 Å². The van der Waals surface area contributed by atoms with Crippen LogP contribution in [0.4, 0.5) is 0 Å². The molecule has 7 nitrogen and oxygen atoms in total. The molecule has 0 saturated carbocycles. The van der Waals surface area contributed by atoms with Gasteiger partial charge in [0.1, 0.15) is 4.90 Å². The van der Waals surface area contributed by atoms with E-state index in [4.69, 9.17) is 5.73 Å². The van der Waals surface area contributed by atoms with Crippen molar-refractivity contribution in [1.29, 1.82) is 0 Å². The van der Waals surface area contributed by atoms with Crippen molar-refractivity contribution >= 4 is 10.0 Å². The van der Waals surface area contributed by atoms with Gasteiger partial charge in [-0.1, -0.05) is 6.92 Å². The summed E-state index contributed by atoms with van der Waals surface area (Å²) in [4.78, 5) is 2.60. The molecule has 0 amide bonds. The van der Waals surface area contributed by atoms with E-state index in [9.17, 15) is 8.42 Å². The van der Waals surface area contributed by atoms with Crippen LogP contribution in [0.1, 0.15) is 18.3 Å². The van der Waals surface area contributed by atoms with Crippen molar-refractivity contribution in [3.05, 3.63) is 11.4 Å². The summed E-state index contributed by atoms with van der Waals surface area (Å²) in [5, 5.41) is 6.73. The Morgan fingerprint density at radius 1 is 1.29 bits per heavy atom. The molecule has 8 heteroatoms. The van der Waals surface area contributed by atoms with Crippen molar-refractivity contribution < 1.29 is 8.42 Å². The van der Waals surface area contributed by atoms with Gasteiger partial charge in [0.25, 0.3) is 0 Å². The minimum atomic E-state index is -3.45. The van der Waals surface area contributed by atoms with Crippen LogP contribution in [0.15, 0.2) is 4.90 Å². The van der Waals surface area contributed by atoms with Gasteiger partial charge in [-0.2, -0.15) is 9.40 Å². The zero-order chi connectivity index (χ0) is 15.6. The van der Waals surface area contributed by atoms with E-state index in [-0.39, 0.29) is 0 Å². The van der Waals surface area contributed by atoms with Crippen molar-refractivity contribution in [2.75, 3.05) is 39.3 Å². The summed E-state index contributed by atoms with van der Waals surface area (Å²) >= 11 is 0. The third-order valence-electron chi connectivity index (χ3n) is 3.96. The van der Waals surface area contributed by atoms with Crippen LogP contribution in [0.25, 0.3) is 0 Å². The number of nitrogens with two attached hydrogens (primary N) is 1. The van der Waals surface area contributed by atoms with Gasteiger partial charge < -0.3 is 10.6 Å². The lowest BCUT2D eigenvalue weighted by Gasteiger charge is -2.35. The first-order valence-electron chi connectivity index (χ1n) is 7.30. The zero-order valence-electron chi connectivity index (χ0n) is 13.0. The lowest BCUT2D eigenvalue weighted by molar-refractivity contribution is 0.170. The third kappa shape index (κ3) is 3.45. The van der Waals surface area contributed by atoms with E-state index >= 15 is 0 Å². The highest BCUT2D eigenvalue weighted by Gasteiger charge is 2.32. The van der Waals surface area contributed by atoms with Crippen LogP contribution in [0.2, 0.25) is 0 Å². The maximum Gasteiger partial charge on any atom is 0.246 e. The molecule has 1 unspecified atom stereocenters. The van der Waals surface area contributed by atoms with Gasteiger partial charge in [-0.25, -0.2) is 8.42 Å². The first-order valence-corrected chi connectivity index (χ1v) is 8.74. The molecule has 1 aromatic rings. The minimum absolute atomic E-state index is 0.325. The van der Waals surface area contributed by atoms with Gasteiger partial charge in [-0.3, -0.25) is 5.10 Å². The number of H-pyrrole nitrogens is 1. The van der Waals surface area contributed by atoms with Crippen LogP contribution in [0.5, 0.6) is 0 Å². The Kier molecular flexibility index (Phi) is 5.03. The molecule has 3 N–H and O–H groups in total. The summed E-state index contributed by atoms with van der Waals surface area (Å²) in [5.41, 5.74) is 6.78. The fraction of sp³-hybridized carbons (Fsp3) is 0.769. The Morgan fingerprint density at radius 3 is 2.38 bits per heavy atom. The van der Waals surface area contributed by atoms with Crippen molar-refractivity contribution in [3.63, 3.8) is 0 Å². The Balaban J connectivity index is 2.05. The molecular formula is C13H25N5O2S. The maximum atomic E-state index is 12.7. The Hall–Kier alpha value is -0.960. The normalized spacial score (nSPS) is 19.8. The molecule has 0 bridgehead atoms. The second-order valence-corrected chi connectivity index (χ2v) is 7.68. The number of aryl methyl sites for hydroxylation is 2. The first kappa shape index (κ1) is 16.4. The summed E-state index contributed by atoms with van der Waals surface area (Å²) < 4.78 is 27.0. The fourth-order valence-corrected chi connectivity index (χ4v) is 4.47. The summed E-state index contributed by atoms with van der Waals surface area (Å²) in [7, 11) is -3.45. The average molecular weight is 315 g/mol. The molecule has 0 radical (unpaired) electrons. The molecule has 2 rings (SSSR count). The van der Waals surface area contributed by atoms with Crippen molar-refractivity contribution in [2.24, 2.45) is 11.7 Å². The predicted molar refractivity (Wildman–Crippen MR) is 81.5 cm³/mol. The molecule has 120 valence electrons. The Morgan fingerprint density at radius 2 is 1.90 bits per heavy atom. The van der Waals surface area contributed by atoms with Crippen LogP contribution in [0, 0.1) is 19.8 Å². The number of aromatic nitrogens is 2. The summed E-state index contributed by atoms with van der Waals surface area (Å²) in [5.74, 6) is 0.437. The topological polar surface area (TPSA) is 95.3 Å². The average Bonchev–Trinajstić information content (AvgIpc) is 2.79. The van der Waals surface area contributed by atoms with Crippen molar-refractivity contribution in [1.82, 2.24) is 19.4 Å². The van der Waals surface area contributed by atoms with Gasteiger partial charge in [0, 0.05) is 32.7 Å². The van der Waals surface area contributed by atoms with E-state index in [0.29, 0.717) is 41.8 Å². The SMILES string of the molecule is Cc1n[nH]c(C)c1S(=O)(=O)N1CCN(CC(C)CN)CC1. The second kappa shape index (κ2) is 6.43. The van der Waals surface area contributed by atoms with Gasteiger partial charge >= 0.3 is 0 Å². The highest BCUT2D eigenvalue weighted by molar-refractivity contribution is 7.89. The van der Waals surface area contributed by atoms with Gasteiger partial charge in [0.05, 0.1) is 11.4 Å². The molecule has 2 heterocycles. The predicted octanol–water partition coefficient (Wildman–Crippen LogP) is -0.0724. The van der Waals surface area contributed by atoms with Crippen LogP contribution in [-0.4, -0.2) is 67.1 Å². The summed E-state index contributed by atoms with van der Waals surface area (Å²) in [6.45, 7) is 9.69. The number of piperazine rings is 1. The summed E-state index contributed by atoms with van der Waals surface area (Å²) in [6.07, 6.45) is 0. The van der Waals surface area contributed by atoms with Crippen molar-refractivity contribution in [2.45, 2.75) is 25.7 Å². The highest BCUT2D eigenvalue weighted by atomic mass is 32.2. The molecule has 0 aromatic carbocycles. The maximum absolute atomic E-state index is 12.7. The smallest absolute Gasteiger partial charge is 0.246 e. The number of hydrogen-bond acceptors (Lipinski definition) is 5. The molecule has 0 spiro atoms. The van der Waals surface area contributed by atoms with Gasteiger partial charge in [0.2, 0.25) is 10.0 Å². The third-order valence-corrected chi connectivity index (χ3v) is 6.12. The number of hydrogen-bond donors (Lipinski definition) is 2. The molecule has 1 fully saturated rings. The molecule has 1 aliphatic rings. The molecule has 1 aromatic heterocycles. The number of aromatic amines is 1. The zero-order valence-corrected chi connectivity index (χ0v) is 13.8. The minimum Gasteiger partial charge on any atom is -0.330 e. The van der Waals surface area contributed by atoms with Gasteiger partial charge in [-0.15, -0.1) is 0 Å². The van der Waals surface area contributed by atoms with E-state index in [1.165, 1.54) is 0 Å². The number of rotatable bonds is 5. The fourth-order valence-electron chi connectivity index (χ4n) is 2.72. The molecule has 1 aliphatic heterocycles. The van der Waals surface area contributed by atoms with Gasteiger partial charge in [-0.05, 0) is 26.3 Å². The number of nitrogens with zero attached hydrogens (tertiary/aromatic N) is 3. The van der Waals surface area contributed by atoms with Gasteiger partial charge in [0.15, 0.2) is 0 Å². The largest absolute Gasteiger partial charge is 0.330 e. The van der Waals surface area contributed by atoms with E-state index in [1.807, 2.05) is 0 Å². The molecule has 1 atom stereocenters. The second-order valence-electron chi connectivity index (χ2n) is 5.81. The lowest BCUT2D eigenvalue weighted by Crippen LogP contribution is -2.50. The lowest BCUT2D eigenvalue weighted by atomic mass is 10.1. The first-order chi connectivity index (χ1) is 9.86. The van der Waals surface area contributed by atoms with E-state index < -0.39 is 10.0 Å². The standard InChI is InChI=1S/C13H25N5O2S/c1-10(8-14)9-17-4-6-18(7-5-17)21(19,20)13-11(2)15-16-12(13)3/h10H,4-9,14H2,1-3H3,(H,15,16). The Labute approximate surface area is 126 Å². The quantitative estimate of drug-likeness (QED) is 0.793. The number of nitrogens with one attached hydrogen (secondary N) is 1. The van der Waals surface area contributed by atoms with Crippen molar-refractivity contribution in [3.8, 4) is 0 Å². The van der Waals surface area contributed by atoms with Crippen LogP contribution in [0.3, 0.4) is 0 Å². The molecule has 21 heavy (non-hydrogen) atoms.